The van der Waals surface area contributed by atoms with Gasteiger partial charge < -0.3 is 64.2 Å². The van der Waals surface area contributed by atoms with Crippen LogP contribution >= 0.6 is 0 Å². The maximum absolute atomic E-state index is 13.1. The van der Waals surface area contributed by atoms with Crippen molar-refractivity contribution in [1.29, 1.82) is 0 Å². The van der Waals surface area contributed by atoms with Crippen molar-refractivity contribution in [2.75, 3.05) is 33.0 Å². The van der Waals surface area contributed by atoms with Crippen LogP contribution in [0.1, 0.15) is 194 Å². The van der Waals surface area contributed by atoms with E-state index in [9.17, 15) is 40.5 Å². The molecule has 0 saturated carbocycles. The largest absolute Gasteiger partial charge is 0.457 e. The molecular formula is C69H112O14. The van der Waals surface area contributed by atoms with Gasteiger partial charge in [0, 0.05) is 13.0 Å². The van der Waals surface area contributed by atoms with Crippen molar-refractivity contribution in [3.05, 3.63) is 134 Å². The molecule has 2 rings (SSSR count). The van der Waals surface area contributed by atoms with E-state index in [0.717, 1.165) is 122 Å². The van der Waals surface area contributed by atoms with Gasteiger partial charge in [-0.25, -0.2) is 0 Å². The normalized spacial score (nSPS) is 24.3. The molecule has 0 bridgehead atoms. The Bertz CT molecular complexity index is 1880. The van der Waals surface area contributed by atoms with Crippen LogP contribution in [-0.2, 0) is 33.2 Å². The maximum atomic E-state index is 13.1. The van der Waals surface area contributed by atoms with Crippen LogP contribution in [0, 0.1) is 0 Å². The van der Waals surface area contributed by atoms with Crippen molar-refractivity contribution in [2.45, 2.75) is 261 Å². The Kier molecular flexibility index (Phi) is 48.6. The van der Waals surface area contributed by atoms with E-state index in [-0.39, 0.29) is 19.6 Å². The molecule has 2 aliphatic rings. The van der Waals surface area contributed by atoms with Gasteiger partial charge in [0.1, 0.15) is 54.9 Å². The van der Waals surface area contributed by atoms with Crippen molar-refractivity contribution in [1.82, 2.24) is 0 Å². The number of carbonyl (C=O) groups excluding carboxylic acids is 1. The molecule has 0 aromatic heterocycles. The highest BCUT2D eigenvalue weighted by molar-refractivity contribution is 5.69. The zero-order chi connectivity index (χ0) is 60.1. The molecule has 0 amide bonds. The third kappa shape index (κ3) is 39.5. The molecule has 2 aliphatic heterocycles. The highest BCUT2D eigenvalue weighted by Crippen LogP contribution is 2.26. The molecule has 2 heterocycles. The first kappa shape index (κ1) is 75.2. The molecule has 0 spiro atoms. The summed E-state index contributed by atoms with van der Waals surface area (Å²) in [4.78, 5) is 13.1. The van der Waals surface area contributed by atoms with Gasteiger partial charge in [0.2, 0.25) is 0 Å². The highest BCUT2D eigenvalue weighted by atomic mass is 16.7. The van der Waals surface area contributed by atoms with Gasteiger partial charge in [-0.1, -0.05) is 212 Å². The van der Waals surface area contributed by atoms with E-state index in [4.69, 9.17) is 28.4 Å². The van der Waals surface area contributed by atoms with E-state index in [1.807, 2.05) is 0 Å². The van der Waals surface area contributed by atoms with Crippen molar-refractivity contribution < 1.29 is 69.0 Å². The Morgan fingerprint density at radius 3 is 1.17 bits per heavy atom. The second-order valence-corrected chi connectivity index (χ2v) is 21.5. The number of esters is 1. The molecule has 0 radical (unpaired) electrons. The summed E-state index contributed by atoms with van der Waals surface area (Å²) < 4.78 is 34.4. The predicted molar refractivity (Wildman–Crippen MR) is 334 cm³/mol. The van der Waals surface area contributed by atoms with E-state index in [1.165, 1.54) is 44.9 Å². The van der Waals surface area contributed by atoms with Gasteiger partial charge in [-0.15, -0.1) is 0 Å². The molecule has 2 fully saturated rings. The third-order valence-electron chi connectivity index (χ3n) is 14.2. The fourth-order valence-corrected chi connectivity index (χ4v) is 9.14. The minimum atomic E-state index is -1.72. The number of ether oxygens (including phenoxy) is 6. The second-order valence-electron chi connectivity index (χ2n) is 21.5. The van der Waals surface area contributed by atoms with E-state index in [0.29, 0.717) is 13.0 Å². The van der Waals surface area contributed by atoms with Gasteiger partial charge in [-0.05, 0) is 109 Å². The zero-order valence-corrected chi connectivity index (χ0v) is 50.9. The second kappa shape index (κ2) is 53.6. The molecule has 2 saturated heterocycles. The van der Waals surface area contributed by atoms with Gasteiger partial charge in [0.25, 0.3) is 0 Å². The molecule has 472 valence electrons. The number of hydrogen-bond donors (Lipinski definition) is 7. The standard InChI is InChI=1S/C69H112O14/c1-3-5-7-9-11-13-15-17-19-21-23-25-27-28-29-31-33-35-37-39-41-43-45-47-49-51-53-78-55-58(56-79-68-67(77)65(75)63(73)60(83-68)57-80-69-66(76)64(74)62(72)59(54-70)82-69)81-61(71)52-50-48-46-44-42-40-38-36-34-32-30-26-24-22-20-18-16-14-12-10-8-6-4-2/h5-8,11-14,17-20,23-26,28-29,32,34,38,40,58-60,62-70,72-77H,3-4,9-10,15-16,21-22,27,30-31,33,35-37,39,41-57H2,1-2H3/b7-5-,8-6-,13-11-,14-12-,19-17-,20-18-,25-23-,26-24-,29-28-,34-32-,40-38-. The number of aliphatic hydroxyl groups is 7. The molecular weight excluding hydrogens is 1050 g/mol. The van der Waals surface area contributed by atoms with Crippen LogP contribution in [0.15, 0.2) is 134 Å². The Morgan fingerprint density at radius 1 is 0.398 bits per heavy atom. The summed E-state index contributed by atoms with van der Waals surface area (Å²) in [5.41, 5.74) is 0. The minimum absolute atomic E-state index is 0.0381. The smallest absolute Gasteiger partial charge is 0.306 e. The molecule has 7 N–H and O–H groups in total. The Labute approximate surface area is 500 Å². The lowest BCUT2D eigenvalue weighted by atomic mass is 9.98. The summed E-state index contributed by atoms with van der Waals surface area (Å²) in [5, 5.41) is 72.5. The predicted octanol–water partition coefficient (Wildman–Crippen LogP) is 12.6. The van der Waals surface area contributed by atoms with Crippen molar-refractivity contribution >= 4 is 5.97 Å². The number of carbonyl (C=O) groups is 1. The van der Waals surface area contributed by atoms with Crippen LogP contribution in [0.25, 0.3) is 0 Å². The average molecular weight is 1170 g/mol. The molecule has 11 atom stereocenters. The van der Waals surface area contributed by atoms with Gasteiger partial charge in [0.15, 0.2) is 12.6 Å². The van der Waals surface area contributed by atoms with E-state index >= 15 is 0 Å². The quantitative estimate of drug-likeness (QED) is 0.0172. The number of rotatable bonds is 50. The van der Waals surface area contributed by atoms with Crippen molar-refractivity contribution in [2.24, 2.45) is 0 Å². The average Bonchev–Trinajstić information content (AvgIpc) is 3.49. The van der Waals surface area contributed by atoms with Gasteiger partial charge in [0.05, 0.1) is 26.4 Å². The molecule has 0 aromatic carbocycles. The molecule has 11 unspecified atom stereocenters. The fourth-order valence-electron chi connectivity index (χ4n) is 9.14. The summed E-state index contributed by atoms with van der Waals surface area (Å²) in [6, 6.07) is 0. The topological polar surface area (TPSA) is 214 Å². The highest BCUT2D eigenvalue weighted by Gasteiger charge is 2.47. The SMILES string of the molecule is CC/C=C\C/C=C\C/C=C\C/C=C\C/C=C\C/C=C\CCCCCCC(=O)OC(COCCCCCCCCCCCC/C=C\C/C=C\C/C=C\C/C=C\C/C=C\CC)COC1OC(COC2OC(CO)C(O)C(O)C2O)C(O)C(O)C1O. The summed E-state index contributed by atoms with van der Waals surface area (Å²) in [6.07, 6.45) is 60.8. The Hall–Kier alpha value is -3.87. The minimum Gasteiger partial charge on any atom is -0.457 e. The maximum Gasteiger partial charge on any atom is 0.306 e. The first-order chi connectivity index (χ1) is 40.6. The van der Waals surface area contributed by atoms with Crippen LogP contribution in [-0.4, -0.2) is 142 Å². The molecule has 14 heteroatoms. The summed E-state index contributed by atoms with van der Waals surface area (Å²) in [5.74, 6) is -0.407. The summed E-state index contributed by atoms with van der Waals surface area (Å²) >= 11 is 0. The first-order valence-electron chi connectivity index (χ1n) is 31.8. The van der Waals surface area contributed by atoms with E-state index in [1.54, 1.807) is 0 Å². The number of aliphatic hydroxyl groups excluding tert-OH is 7. The van der Waals surface area contributed by atoms with E-state index < -0.39 is 86.7 Å². The molecule has 83 heavy (non-hydrogen) atoms. The summed E-state index contributed by atoms with van der Waals surface area (Å²) in [7, 11) is 0. The van der Waals surface area contributed by atoms with Crippen LogP contribution < -0.4 is 0 Å². The first-order valence-corrected chi connectivity index (χ1v) is 31.8. The van der Waals surface area contributed by atoms with Gasteiger partial charge in [-0.3, -0.25) is 4.79 Å². The van der Waals surface area contributed by atoms with E-state index in [2.05, 4.69) is 148 Å². The fraction of sp³-hybridized carbons (Fsp3) is 0.667. The lowest BCUT2D eigenvalue weighted by molar-refractivity contribution is -0.332. The molecule has 0 aliphatic carbocycles. The third-order valence-corrected chi connectivity index (χ3v) is 14.2. The van der Waals surface area contributed by atoms with Crippen molar-refractivity contribution in [3.8, 4) is 0 Å². The Morgan fingerprint density at radius 2 is 0.747 bits per heavy atom. The molecule has 14 nitrogen and oxygen atoms in total. The van der Waals surface area contributed by atoms with Crippen LogP contribution in [0.2, 0.25) is 0 Å². The monoisotopic (exact) mass is 1160 g/mol. The van der Waals surface area contributed by atoms with Crippen molar-refractivity contribution in [3.63, 3.8) is 0 Å². The summed E-state index contributed by atoms with van der Waals surface area (Å²) in [6.45, 7) is 3.40. The van der Waals surface area contributed by atoms with Crippen LogP contribution in [0.3, 0.4) is 0 Å². The lowest BCUT2D eigenvalue weighted by Crippen LogP contribution is -2.61. The number of allylic oxidation sites excluding steroid dienone is 22. The number of unbranched alkanes of at least 4 members (excludes halogenated alkanes) is 14. The number of hydrogen-bond acceptors (Lipinski definition) is 14. The molecule has 0 aromatic rings. The zero-order valence-electron chi connectivity index (χ0n) is 50.9. The van der Waals surface area contributed by atoms with Gasteiger partial charge in [-0.2, -0.15) is 0 Å². The van der Waals surface area contributed by atoms with Crippen LogP contribution in [0.4, 0.5) is 0 Å². The van der Waals surface area contributed by atoms with Gasteiger partial charge >= 0.3 is 5.97 Å². The Balaban J connectivity index is 1.70. The van der Waals surface area contributed by atoms with Crippen LogP contribution in [0.5, 0.6) is 0 Å². The lowest BCUT2D eigenvalue weighted by Gasteiger charge is -2.42.